The highest BCUT2D eigenvalue weighted by Gasteiger charge is 2.10. The number of hydrogen-bond donors (Lipinski definition) is 0. The molecule has 0 heterocycles. The molecule has 0 aliphatic heterocycles. The number of hydrogen-bond acceptors (Lipinski definition) is 6. The number of benzene rings is 1. The van der Waals surface area contributed by atoms with Crippen molar-refractivity contribution in [2.75, 3.05) is 6.79 Å². The van der Waals surface area contributed by atoms with Crippen molar-refractivity contribution in [1.29, 1.82) is 0 Å². The minimum atomic E-state index is -0.721. The van der Waals surface area contributed by atoms with Crippen molar-refractivity contribution in [3.63, 3.8) is 0 Å². The van der Waals surface area contributed by atoms with Crippen LogP contribution < -0.4 is 0 Å². The van der Waals surface area contributed by atoms with Crippen LogP contribution in [0.15, 0.2) is 24.3 Å². The SMILES string of the molecule is CC(=O)OCOC(=O)c1ccc([N+](=O)[O-])cc1. The average Bonchev–Trinajstić information content (AvgIpc) is 2.28. The Balaban J connectivity index is 2.57. The quantitative estimate of drug-likeness (QED) is 0.340. The van der Waals surface area contributed by atoms with E-state index in [9.17, 15) is 19.7 Å². The lowest BCUT2D eigenvalue weighted by molar-refractivity contribution is -0.384. The molecule has 0 spiro atoms. The van der Waals surface area contributed by atoms with E-state index in [0.29, 0.717) is 0 Å². The first-order valence-corrected chi connectivity index (χ1v) is 4.55. The molecule has 0 bridgehead atoms. The Morgan fingerprint density at radius 1 is 1.24 bits per heavy atom. The van der Waals surface area contributed by atoms with E-state index in [0.717, 1.165) is 0 Å². The van der Waals surface area contributed by atoms with Gasteiger partial charge in [0.2, 0.25) is 6.79 Å². The van der Waals surface area contributed by atoms with Gasteiger partial charge in [-0.25, -0.2) is 4.79 Å². The van der Waals surface area contributed by atoms with Gasteiger partial charge in [-0.2, -0.15) is 0 Å². The fourth-order valence-corrected chi connectivity index (χ4v) is 0.969. The van der Waals surface area contributed by atoms with Gasteiger partial charge in [-0.3, -0.25) is 14.9 Å². The summed E-state index contributed by atoms with van der Waals surface area (Å²) in [5.41, 5.74) is 0.0179. The molecule has 90 valence electrons. The Bertz CT molecular complexity index is 439. The maximum Gasteiger partial charge on any atom is 0.341 e. The molecule has 17 heavy (non-hydrogen) atoms. The zero-order valence-electron chi connectivity index (χ0n) is 8.91. The number of carbonyl (C=O) groups excluding carboxylic acids is 2. The van der Waals surface area contributed by atoms with Crippen LogP contribution in [0.2, 0.25) is 0 Å². The summed E-state index contributed by atoms with van der Waals surface area (Å²) >= 11 is 0. The molecule has 0 amide bonds. The highest BCUT2D eigenvalue weighted by atomic mass is 16.7. The average molecular weight is 239 g/mol. The molecule has 0 N–H and O–H groups in total. The second-order valence-corrected chi connectivity index (χ2v) is 2.99. The fraction of sp³-hybridized carbons (Fsp3) is 0.200. The van der Waals surface area contributed by atoms with Crippen LogP contribution in [-0.4, -0.2) is 23.7 Å². The van der Waals surface area contributed by atoms with Crippen LogP contribution in [0, 0.1) is 10.1 Å². The van der Waals surface area contributed by atoms with E-state index in [2.05, 4.69) is 9.47 Å². The first-order valence-electron chi connectivity index (χ1n) is 4.55. The highest BCUT2D eigenvalue weighted by Crippen LogP contribution is 2.12. The van der Waals surface area contributed by atoms with Crippen LogP contribution in [0.25, 0.3) is 0 Å². The van der Waals surface area contributed by atoms with Gasteiger partial charge in [-0.15, -0.1) is 0 Å². The van der Waals surface area contributed by atoms with Gasteiger partial charge < -0.3 is 9.47 Å². The summed E-state index contributed by atoms with van der Waals surface area (Å²) in [7, 11) is 0. The van der Waals surface area contributed by atoms with Gasteiger partial charge in [0, 0.05) is 19.1 Å². The van der Waals surface area contributed by atoms with Crippen LogP contribution >= 0.6 is 0 Å². The van der Waals surface area contributed by atoms with E-state index in [4.69, 9.17) is 0 Å². The summed E-state index contributed by atoms with van der Waals surface area (Å²) < 4.78 is 8.99. The fourth-order valence-electron chi connectivity index (χ4n) is 0.969. The van der Waals surface area contributed by atoms with Gasteiger partial charge in [0.15, 0.2) is 0 Å². The number of non-ortho nitro benzene ring substituents is 1. The summed E-state index contributed by atoms with van der Waals surface area (Å²) in [5.74, 6) is -1.29. The largest absolute Gasteiger partial charge is 0.428 e. The molecule has 0 radical (unpaired) electrons. The van der Waals surface area contributed by atoms with Crippen molar-refractivity contribution >= 4 is 17.6 Å². The molecule has 0 aliphatic carbocycles. The molecule has 1 rings (SSSR count). The van der Waals surface area contributed by atoms with E-state index in [1.54, 1.807) is 0 Å². The summed E-state index contributed by atoms with van der Waals surface area (Å²) in [6.45, 7) is 0.699. The van der Waals surface area contributed by atoms with E-state index in [1.165, 1.54) is 31.2 Å². The van der Waals surface area contributed by atoms with E-state index < -0.39 is 23.7 Å². The molecule has 0 unspecified atom stereocenters. The van der Waals surface area contributed by atoms with Crippen molar-refractivity contribution < 1.29 is 24.0 Å². The van der Waals surface area contributed by atoms with Crippen LogP contribution in [0.1, 0.15) is 17.3 Å². The second kappa shape index (κ2) is 5.59. The molecular formula is C10H9NO6. The zero-order valence-corrected chi connectivity index (χ0v) is 8.91. The summed E-state index contributed by atoms with van der Waals surface area (Å²) in [4.78, 5) is 31.5. The van der Waals surface area contributed by atoms with Gasteiger partial charge in [0.05, 0.1) is 10.5 Å². The van der Waals surface area contributed by atoms with Crippen LogP contribution in [-0.2, 0) is 14.3 Å². The standard InChI is InChI=1S/C10H9NO6/c1-7(12)16-6-17-10(13)8-2-4-9(5-3-8)11(14)15/h2-5H,6H2,1H3. The number of ether oxygens (including phenoxy) is 2. The zero-order chi connectivity index (χ0) is 12.8. The summed E-state index contributed by atoms with van der Waals surface area (Å²) in [6, 6.07) is 4.88. The lowest BCUT2D eigenvalue weighted by Gasteiger charge is -2.03. The maximum absolute atomic E-state index is 11.3. The van der Waals surface area contributed by atoms with Crippen LogP contribution in [0.4, 0.5) is 5.69 Å². The van der Waals surface area contributed by atoms with Crippen molar-refractivity contribution in [1.82, 2.24) is 0 Å². The predicted octanol–water partition coefficient (Wildman–Crippen LogP) is 1.27. The molecule has 1 aromatic rings. The second-order valence-electron chi connectivity index (χ2n) is 2.99. The smallest absolute Gasteiger partial charge is 0.341 e. The third-order valence-corrected chi connectivity index (χ3v) is 1.77. The van der Waals surface area contributed by atoms with Gasteiger partial charge in [-0.1, -0.05) is 0 Å². The minimum absolute atomic E-state index is 0.124. The summed E-state index contributed by atoms with van der Waals surface area (Å²) in [5, 5.41) is 10.4. The number of nitrogens with zero attached hydrogens (tertiary/aromatic N) is 1. The van der Waals surface area contributed by atoms with Crippen LogP contribution in [0.3, 0.4) is 0 Å². The summed E-state index contributed by atoms with van der Waals surface area (Å²) in [6.07, 6.45) is 0. The molecule has 0 aliphatic rings. The van der Waals surface area contributed by atoms with Gasteiger partial charge in [0.1, 0.15) is 0 Å². The minimum Gasteiger partial charge on any atom is -0.428 e. The van der Waals surface area contributed by atoms with E-state index >= 15 is 0 Å². The number of rotatable bonds is 4. The first-order chi connectivity index (χ1) is 8.00. The van der Waals surface area contributed by atoms with E-state index in [-0.39, 0.29) is 11.3 Å². The van der Waals surface area contributed by atoms with Crippen molar-refractivity contribution in [3.8, 4) is 0 Å². The molecular weight excluding hydrogens is 230 g/mol. The Kier molecular flexibility index (Phi) is 4.15. The highest BCUT2D eigenvalue weighted by molar-refractivity contribution is 5.89. The molecule has 0 atom stereocenters. The Hall–Kier alpha value is -2.44. The third-order valence-electron chi connectivity index (χ3n) is 1.77. The first kappa shape index (κ1) is 12.6. The van der Waals surface area contributed by atoms with Crippen molar-refractivity contribution in [2.45, 2.75) is 6.92 Å². The Morgan fingerprint density at radius 2 is 1.82 bits per heavy atom. The normalized spacial score (nSPS) is 9.47. The monoisotopic (exact) mass is 239 g/mol. The molecule has 1 aromatic carbocycles. The predicted molar refractivity (Wildman–Crippen MR) is 55.1 cm³/mol. The number of nitro groups is 1. The molecule has 0 saturated heterocycles. The molecule has 0 fully saturated rings. The number of nitro benzene ring substituents is 1. The topological polar surface area (TPSA) is 95.7 Å². The third kappa shape index (κ3) is 3.90. The Labute approximate surface area is 96.1 Å². The van der Waals surface area contributed by atoms with Crippen LogP contribution in [0.5, 0.6) is 0 Å². The maximum atomic E-state index is 11.3. The lowest BCUT2D eigenvalue weighted by atomic mass is 10.2. The van der Waals surface area contributed by atoms with E-state index in [1.807, 2.05) is 0 Å². The van der Waals surface area contributed by atoms with Gasteiger partial charge >= 0.3 is 11.9 Å². The van der Waals surface area contributed by atoms with Crippen molar-refractivity contribution in [3.05, 3.63) is 39.9 Å². The number of esters is 2. The number of carbonyl (C=O) groups is 2. The van der Waals surface area contributed by atoms with Gasteiger partial charge in [0.25, 0.3) is 5.69 Å². The lowest BCUT2D eigenvalue weighted by Crippen LogP contribution is -2.10. The molecule has 7 heteroatoms. The van der Waals surface area contributed by atoms with Gasteiger partial charge in [-0.05, 0) is 12.1 Å². The molecule has 0 aromatic heterocycles. The molecule has 0 saturated carbocycles. The molecule has 7 nitrogen and oxygen atoms in total. The Morgan fingerprint density at radius 3 is 2.29 bits per heavy atom. The van der Waals surface area contributed by atoms with Crippen molar-refractivity contribution in [2.24, 2.45) is 0 Å².